The molecule has 17 saturated carbocycles. The molecule has 17 rings (SSSR count). The van der Waals surface area contributed by atoms with Crippen LogP contribution in [-0.4, -0.2) is 153 Å². The van der Waals surface area contributed by atoms with E-state index in [-0.39, 0.29) is 146 Å². The Bertz CT molecular complexity index is 3760. The first-order valence-electron chi connectivity index (χ1n) is 49.1. The van der Waals surface area contributed by atoms with Crippen LogP contribution in [0.25, 0.3) is 0 Å². The van der Waals surface area contributed by atoms with Gasteiger partial charge in [-0.15, -0.1) is 0 Å². The predicted molar refractivity (Wildman–Crippen MR) is 457 cm³/mol. The fourth-order valence-corrected chi connectivity index (χ4v) is 27.5. The molecular weight excluding hydrogens is 1610 g/mol. The Labute approximate surface area is 740 Å². The minimum atomic E-state index is -0.945. The van der Waals surface area contributed by atoms with E-state index in [0.717, 1.165) is 179 Å². The van der Waals surface area contributed by atoms with E-state index in [4.69, 9.17) is 48.1 Å². The Morgan fingerprint density at radius 1 is 0.336 bits per heavy atom. The number of hydrogen-bond acceptors (Lipinski definition) is 21. The highest BCUT2D eigenvalue weighted by Crippen LogP contribution is 2.71. The van der Waals surface area contributed by atoms with E-state index in [1.807, 2.05) is 76.2 Å². The van der Waals surface area contributed by atoms with Crippen molar-refractivity contribution < 1.29 is 126 Å². The number of hydrogen-bond donors (Lipinski definition) is 5. The molecule has 0 aromatic heterocycles. The highest BCUT2D eigenvalue weighted by Gasteiger charge is 2.69. The van der Waals surface area contributed by atoms with Gasteiger partial charge in [0.25, 0.3) is 0 Å². The number of carbonyl (C=O) groups excluding carboxylic acids is 8. The lowest BCUT2D eigenvalue weighted by Gasteiger charge is -2.59. The molecule has 0 radical (unpaired) electrons. The molecule has 0 saturated heterocycles. The van der Waals surface area contributed by atoms with E-state index in [1.165, 1.54) is 12.8 Å². The fourth-order valence-electron chi connectivity index (χ4n) is 27.5. The Kier molecular flexibility index (Phi) is 34.1. The summed E-state index contributed by atoms with van der Waals surface area (Å²) in [5.41, 5.74) is -1.11. The first kappa shape index (κ1) is 98.7. The summed E-state index contributed by atoms with van der Waals surface area (Å²) in [7, 11) is 0. The van der Waals surface area contributed by atoms with Crippen molar-refractivity contribution >= 4 is 77.6 Å². The molecule has 0 aromatic carbocycles. The van der Waals surface area contributed by atoms with Crippen LogP contribution in [0.2, 0.25) is 0 Å². The maximum absolute atomic E-state index is 12.2. The minimum Gasteiger partial charge on any atom is -0.481 e. The van der Waals surface area contributed by atoms with Crippen molar-refractivity contribution in [3.8, 4) is 0 Å². The van der Waals surface area contributed by atoms with Crippen molar-refractivity contribution in [2.24, 2.45) is 189 Å². The van der Waals surface area contributed by atoms with Crippen LogP contribution in [0.15, 0.2) is 0 Å². The zero-order valence-corrected chi connectivity index (χ0v) is 77.1. The van der Waals surface area contributed by atoms with Crippen LogP contribution in [0.5, 0.6) is 0 Å². The molecule has 0 aliphatic heterocycles. The molecular formula is C99H152O26. The second kappa shape index (κ2) is 43.2. The first-order valence-corrected chi connectivity index (χ1v) is 49.1. The number of carboxylic acids is 5. The van der Waals surface area contributed by atoms with Gasteiger partial charge in [0, 0.05) is 6.42 Å². The van der Waals surface area contributed by atoms with Gasteiger partial charge in [0.05, 0.1) is 76.4 Å². The van der Waals surface area contributed by atoms with Crippen molar-refractivity contribution in [2.45, 2.75) is 326 Å². The van der Waals surface area contributed by atoms with E-state index in [0.29, 0.717) is 132 Å². The maximum atomic E-state index is 12.2. The molecule has 26 heteroatoms. The molecule has 34 unspecified atom stereocenters. The monoisotopic (exact) mass is 1760 g/mol. The molecule has 0 amide bonds. The Hall–Kier alpha value is -6.89. The van der Waals surface area contributed by atoms with Crippen molar-refractivity contribution in [2.75, 3.05) is 26.4 Å². The molecule has 34 atom stereocenters. The molecule has 125 heavy (non-hydrogen) atoms. The van der Waals surface area contributed by atoms with E-state index in [9.17, 15) is 77.6 Å². The normalized spacial score (nSPS) is 39.0. The van der Waals surface area contributed by atoms with Gasteiger partial charge in [-0.25, -0.2) is 0 Å². The highest BCUT2D eigenvalue weighted by atomic mass is 16.6. The number of carboxylic acid groups (broad SMARTS) is 5. The van der Waals surface area contributed by atoms with Crippen LogP contribution in [0.1, 0.15) is 302 Å². The van der Waals surface area contributed by atoms with Gasteiger partial charge in [0.1, 0.15) is 50.3 Å². The van der Waals surface area contributed by atoms with Gasteiger partial charge >= 0.3 is 77.6 Å². The Morgan fingerprint density at radius 2 is 0.744 bits per heavy atom. The SMILES string of the molecule is CCC(C)C(=O)OC12CC3CC(C1)CC(C(=O)O)(C3)C2.CCC(C)C(=O)OC1CC2CC1C1C3CC(C(=O)O)C(C3)C21.CCC(C)C(=O)OC1CC2CC1C1C3CC(CC3C(=O)O)C21.CCC(C)C(=O)OC1CCC2CC(C(=O)O)CCC2C1.CCC(C)C(=O)OCCOC(=O)C1C2CCC(C2)C1C.CCC(C)C(=O)OCCOC(=O)C1CCCCC1C(=O)O. The molecule has 17 aliphatic carbocycles. The molecule has 26 nitrogen and oxygen atoms in total. The largest absolute Gasteiger partial charge is 0.481 e. The molecule has 17 fully saturated rings. The third kappa shape index (κ3) is 22.6. The average molecular weight is 1760 g/mol. The summed E-state index contributed by atoms with van der Waals surface area (Å²) in [5, 5.41) is 46.7. The number of ether oxygens (including phenoxy) is 8. The van der Waals surface area contributed by atoms with Crippen molar-refractivity contribution in [3.05, 3.63) is 0 Å². The first-order chi connectivity index (χ1) is 59.4. The summed E-state index contributed by atoms with van der Waals surface area (Å²) in [5.74, 6) is 3.32. The summed E-state index contributed by atoms with van der Waals surface area (Å²) in [6.45, 7) is 25.6. The number of aliphatic carboxylic acids is 5. The van der Waals surface area contributed by atoms with E-state index in [1.54, 1.807) is 6.92 Å². The number of esters is 8. The zero-order chi connectivity index (χ0) is 91.0. The Morgan fingerprint density at radius 3 is 1.24 bits per heavy atom. The van der Waals surface area contributed by atoms with E-state index < -0.39 is 58.7 Å². The smallest absolute Gasteiger partial charge is 0.309 e. The lowest BCUT2D eigenvalue weighted by molar-refractivity contribution is -0.212. The minimum absolute atomic E-state index is 0.00802. The van der Waals surface area contributed by atoms with E-state index in [2.05, 4.69) is 6.92 Å². The standard InChI is InChI=1S/2C18H26O4.C16H24O4.2C16H26O4.C15H24O6/c1-3-8(2)18(21)22-14-7-10-6-13(14)16-9-4-11(15(10)16)12(5-9)17(19)20;1-3-8(2)18(21)22-14-7-10-6-13(14)16-11-4-9(15(10)16)5-12(11)17(19)20;1-3-10(2)13(17)20-16-7-11-4-12(8-16)6-15(5-11,9-16)14(18)19;1-4-10(2)15(17)19-7-8-20-16(18)14-11(3)12-5-6-13(14)9-12;1-3-10(2)16(19)20-14-7-6-11-8-13(15(17)18)5-4-12(11)9-14;1-3-10(2)14(18)20-8-9-21-15(19)12-7-5-4-6-11(12)13(16)17/h2*8-16H,3-7H2,1-2H3,(H,19,20);10-12H,3-9H2,1-2H3,(H,18,19);10-14H,4-9H2,1-3H3;10-14H,3-9H2,1-2H3,(H,17,18);10-12H,3-9H2,1-2H3,(H,16,17). The topological polar surface area (TPSA) is 397 Å². The quantitative estimate of drug-likeness (QED) is 0.0201. The average Bonchev–Trinajstić information content (AvgIpc) is 1.70. The summed E-state index contributed by atoms with van der Waals surface area (Å²) >= 11 is 0. The second-order valence-corrected chi connectivity index (χ2v) is 42.2. The second-order valence-electron chi connectivity index (χ2n) is 42.2. The van der Waals surface area contributed by atoms with Crippen molar-refractivity contribution in [3.63, 3.8) is 0 Å². The molecule has 704 valence electrons. The van der Waals surface area contributed by atoms with Crippen LogP contribution < -0.4 is 0 Å². The summed E-state index contributed by atoms with van der Waals surface area (Å²) in [6, 6.07) is 0. The van der Waals surface area contributed by atoms with Gasteiger partial charge in [-0.05, 0) is 305 Å². The van der Waals surface area contributed by atoms with Crippen molar-refractivity contribution in [1.82, 2.24) is 0 Å². The van der Waals surface area contributed by atoms with E-state index >= 15 is 0 Å². The number of rotatable bonds is 29. The van der Waals surface area contributed by atoms with Crippen LogP contribution in [0.3, 0.4) is 0 Å². The molecule has 14 bridgehead atoms. The molecule has 0 heterocycles. The number of carbonyl (C=O) groups is 13. The van der Waals surface area contributed by atoms with Gasteiger partial charge in [0.15, 0.2) is 0 Å². The van der Waals surface area contributed by atoms with Crippen LogP contribution in [0, 0.1) is 189 Å². The van der Waals surface area contributed by atoms with Crippen LogP contribution in [0.4, 0.5) is 0 Å². The van der Waals surface area contributed by atoms with Gasteiger partial charge in [-0.1, -0.05) is 103 Å². The third-order valence-corrected chi connectivity index (χ3v) is 34.9. The highest BCUT2D eigenvalue weighted by molar-refractivity contribution is 5.82. The molecule has 17 aliphatic rings. The van der Waals surface area contributed by atoms with Gasteiger partial charge in [-0.3, -0.25) is 62.3 Å². The zero-order valence-electron chi connectivity index (χ0n) is 77.1. The maximum Gasteiger partial charge on any atom is 0.309 e. The molecule has 0 aromatic rings. The summed E-state index contributed by atoms with van der Waals surface area (Å²) in [6.07, 6.45) is 29.9. The van der Waals surface area contributed by atoms with Gasteiger partial charge in [-0.2, -0.15) is 0 Å². The fraction of sp³-hybridized carbons (Fsp3) is 0.869. The lowest BCUT2D eigenvalue weighted by Crippen LogP contribution is -2.59. The van der Waals surface area contributed by atoms with Gasteiger partial charge < -0.3 is 63.4 Å². The third-order valence-electron chi connectivity index (χ3n) is 34.9. The summed E-state index contributed by atoms with van der Waals surface area (Å²) in [4.78, 5) is 152. The van der Waals surface area contributed by atoms with Crippen molar-refractivity contribution in [1.29, 1.82) is 0 Å². The van der Waals surface area contributed by atoms with Crippen LogP contribution >= 0.6 is 0 Å². The predicted octanol–water partition coefficient (Wildman–Crippen LogP) is 17.0. The Balaban J connectivity index is 0.000000146. The molecule has 5 N–H and O–H groups in total. The van der Waals surface area contributed by atoms with Gasteiger partial charge in [0.2, 0.25) is 0 Å². The number of fused-ring (bicyclic) bond motifs is 21. The lowest BCUT2D eigenvalue weighted by atomic mass is 9.48. The summed E-state index contributed by atoms with van der Waals surface area (Å²) < 4.78 is 43.5. The molecule has 0 spiro atoms. The van der Waals surface area contributed by atoms with Crippen LogP contribution in [-0.2, 0) is 100 Å².